The standard InChI is InChI=1S/C21H21N3O/c22-21(25)17-9-4-8-15(12-17)20-19-16(10-5-11-23-19)13-18(24-20)14-6-2-1-3-7-14/h4-5,8-14H,1-3,6-7H2,(H2,22,25). The second-order valence-electron chi connectivity index (χ2n) is 6.75. The number of amides is 1. The summed E-state index contributed by atoms with van der Waals surface area (Å²) < 4.78 is 0. The van der Waals surface area contributed by atoms with Crippen LogP contribution in [-0.4, -0.2) is 15.9 Å². The molecule has 1 aliphatic carbocycles. The van der Waals surface area contributed by atoms with E-state index in [2.05, 4.69) is 17.1 Å². The van der Waals surface area contributed by atoms with E-state index in [-0.39, 0.29) is 0 Å². The van der Waals surface area contributed by atoms with Crippen molar-refractivity contribution in [1.29, 1.82) is 0 Å². The normalized spacial score (nSPS) is 15.4. The summed E-state index contributed by atoms with van der Waals surface area (Å²) >= 11 is 0. The summed E-state index contributed by atoms with van der Waals surface area (Å²) in [5.41, 5.74) is 9.66. The quantitative estimate of drug-likeness (QED) is 0.771. The molecule has 2 aromatic heterocycles. The first kappa shape index (κ1) is 15.8. The lowest BCUT2D eigenvalue weighted by molar-refractivity contribution is 0.100. The number of nitrogens with zero attached hydrogens (tertiary/aromatic N) is 2. The van der Waals surface area contributed by atoms with Crippen LogP contribution in [0.2, 0.25) is 0 Å². The van der Waals surface area contributed by atoms with Crippen molar-refractivity contribution < 1.29 is 4.79 Å². The van der Waals surface area contributed by atoms with E-state index in [1.165, 1.54) is 32.1 Å². The summed E-state index contributed by atoms with van der Waals surface area (Å²) in [7, 11) is 0. The van der Waals surface area contributed by atoms with Gasteiger partial charge in [0.15, 0.2) is 0 Å². The van der Waals surface area contributed by atoms with E-state index in [0.29, 0.717) is 11.5 Å². The molecule has 4 heteroatoms. The van der Waals surface area contributed by atoms with E-state index in [9.17, 15) is 4.79 Å². The number of benzene rings is 1. The lowest BCUT2D eigenvalue weighted by atomic mass is 9.86. The monoisotopic (exact) mass is 331 g/mol. The number of fused-ring (bicyclic) bond motifs is 1. The first-order chi connectivity index (χ1) is 12.2. The Morgan fingerprint density at radius 1 is 1.04 bits per heavy atom. The molecule has 3 aromatic rings. The average Bonchev–Trinajstić information content (AvgIpc) is 2.68. The van der Waals surface area contributed by atoms with Crippen molar-refractivity contribution >= 4 is 16.8 Å². The Bertz CT molecular complexity index is 929. The second-order valence-corrected chi connectivity index (χ2v) is 6.75. The zero-order valence-electron chi connectivity index (χ0n) is 14.1. The predicted octanol–water partition coefficient (Wildman–Crippen LogP) is 4.44. The van der Waals surface area contributed by atoms with Gasteiger partial charge in [-0.25, -0.2) is 0 Å². The van der Waals surface area contributed by atoms with E-state index in [1.807, 2.05) is 24.3 Å². The van der Waals surface area contributed by atoms with Crippen LogP contribution in [0.25, 0.3) is 22.2 Å². The fourth-order valence-electron chi connectivity index (χ4n) is 3.73. The maximum atomic E-state index is 11.5. The van der Waals surface area contributed by atoms with Gasteiger partial charge in [0.25, 0.3) is 0 Å². The summed E-state index contributed by atoms with van der Waals surface area (Å²) in [5.74, 6) is 0.0824. The summed E-state index contributed by atoms with van der Waals surface area (Å²) in [6.45, 7) is 0. The van der Waals surface area contributed by atoms with Crippen LogP contribution in [0.3, 0.4) is 0 Å². The van der Waals surface area contributed by atoms with Gasteiger partial charge in [0, 0.05) is 34.3 Å². The molecule has 1 fully saturated rings. The zero-order valence-corrected chi connectivity index (χ0v) is 14.1. The van der Waals surface area contributed by atoms with Gasteiger partial charge in [-0.05, 0) is 37.1 Å². The third kappa shape index (κ3) is 3.12. The molecule has 0 unspecified atom stereocenters. The third-order valence-corrected chi connectivity index (χ3v) is 5.05. The van der Waals surface area contributed by atoms with Crippen LogP contribution in [0.1, 0.15) is 54.1 Å². The molecule has 126 valence electrons. The van der Waals surface area contributed by atoms with Gasteiger partial charge < -0.3 is 5.73 Å². The molecule has 25 heavy (non-hydrogen) atoms. The van der Waals surface area contributed by atoms with Gasteiger partial charge in [-0.3, -0.25) is 14.8 Å². The van der Waals surface area contributed by atoms with E-state index in [0.717, 1.165) is 27.9 Å². The van der Waals surface area contributed by atoms with Crippen LogP contribution >= 0.6 is 0 Å². The largest absolute Gasteiger partial charge is 0.366 e. The van der Waals surface area contributed by atoms with Crippen molar-refractivity contribution in [1.82, 2.24) is 9.97 Å². The number of hydrogen-bond acceptors (Lipinski definition) is 3. The van der Waals surface area contributed by atoms with Crippen molar-refractivity contribution in [2.75, 3.05) is 0 Å². The Hall–Kier alpha value is -2.75. The summed E-state index contributed by atoms with van der Waals surface area (Å²) in [6, 6.07) is 13.6. The zero-order chi connectivity index (χ0) is 17.2. The molecule has 1 saturated carbocycles. The molecule has 0 atom stereocenters. The Kier molecular flexibility index (Phi) is 4.18. The number of rotatable bonds is 3. The third-order valence-electron chi connectivity index (χ3n) is 5.05. The van der Waals surface area contributed by atoms with E-state index >= 15 is 0 Å². The van der Waals surface area contributed by atoms with Crippen molar-refractivity contribution in [3.8, 4) is 11.3 Å². The second kappa shape index (κ2) is 6.63. The van der Waals surface area contributed by atoms with Gasteiger partial charge in [-0.2, -0.15) is 0 Å². The summed E-state index contributed by atoms with van der Waals surface area (Å²) in [4.78, 5) is 21.1. The van der Waals surface area contributed by atoms with E-state index in [1.54, 1.807) is 12.3 Å². The Morgan fingerprint density at radius 2 is 1.88 bits per heavy atom. The number of carbonyl (C=O) groups is 1. The van der Waals surface area contributed by atoms with Crippen LogP contribution in [0.15, 0.2) is 48.7 Å². The topological polar surface area (TPSA) is 68.9 Å². The highest BCUT2D eigenvalue weighted by atomic mass is 16.1. The van der Waals surface area contributed by atoms with Crippen molar-refractivity contribution in [3.05, 3.63) is 59.9 Å². The van der Waals surface area contributed by atoms with Gasteiger partial charge >= 0.3 is 0 Å². The molecular weight excluding hydrogens is 310 g/mol. The molecule has 4 rings (SSSR count). The first-order valence-corrected chi connectivity index (χ1v) is 8.88. The summed E-state index contributed by atoms with van der Waals surface area (Å²) in [5, 5.41) is 1.09. The number of nitrogens with two attached hydrogens (primary N) is 1. The minimum atomic E-state index is -0.428. The Labute approximate surface area is 147 Å². The van der Waals surface area contributed by atoms with Gasteiger partial charge in [-0.15, -0.1) is 0 Å². The molecule has 0 radical (unpaired) electrons. The van der Waals surface area contributed by atoms with Crippen molar-refractivity contribution in [2.45, 2.75) is 38.0 Å². The number of aromatic nitrogens is 2. The van der Waals surface area contributed by atoms with Gasteiger partial charge in [0.2, 0.25) is 5.91 Å². The fraction of sp³-hybridized carbons (Fsp3) is 0.286. The molecule has 4 nitrogen and oxygen atoms in total. The smallest absolute Gasteiger partial charge is 0.248 e. The lowest BCUT2D eigenvalue weighted by Gasteiger charge is -2.22. The van der Waals surface area contributed by atoms with Gasteiger partial charge in [0.05, 0.1) is 11.2 Å². The molecule has 2 N–H and O–H groups in total. The fourth-order valence-corrected chi connectivity index (χ4v) is 3.73. The van der Waals surface area contributed by atoms with Crippen LogP contribution in [0, 0.1) is 0 Å². The molecule has 0 aliphatic heterocycles. The number of hydrogen-bond donors (Lipinski definition) is 1. The highest BCUT2D eigenvalue weighted by molar-refractivity contribution is 5.96. The molecule has 1 aromatic carbocycles. The molecule has 1 aliphatic rings. The minimum absolute atomic E-state index is 0.428. The molecule has 0 saturated heterocycles. The number of primary amides is 1. The highest BCUT2D eigenvalue weighted by Crippen LogP contribution is 2.35. The Morgan fingerprint density at radius 3 is 2.68 bits per heavy atom. The SMILES string of the molecule is NC(=O)c1cccc(-c2nc(C3CCCCC3)cc3cccnc23)c1. The molecule has 0 spiro atoms. The number of carbonyl (C=O) groups excluding carboxylic acids is 1. The van der Waals surface area contributed by atoms with Crippen LogP contribution in [0.5, 0.6) is 0 Å². The molecule has 0 bridgehead atoms. The van der Waals surface area contributed by atoms with Crippen LogP contribution in [-0.2, 0) is 0 Å². The predicted molar refractivity (Wildman–Crippen MR) is 99.3 cm³/mol. The first-order valence-electron chi connectivity index (χ1n) is 8.88. The summed E-state index contributed by atoms with van der Waals surface area (Å²) in [6.07, 6.45) is 8.03. The van der Waals surface area contributed by atoms with Gasteiger partial charge in [0.1, 0.15) is 0 Å². The minimum Gasteiger partial charge on any atom is -0.366 e. The molecule has 1 amide bonds. The van der Waals surface area contributed by atoms with Gasteiger partial charge in [-0.1, -0.05) is 37.5 Å². The van der Waals surface area contributed by atoms with E-state index < -0.39 is 5.91 Å². The maximum absolute atomic E-state index is 11.5. The Balaban J connectivity index is 1.89. The average molecular weight is 331 g/mol. The lowest BCUT2D eigenvalue weighted by Crippen LogP contribution is -2.11. The van der Waals surface area contributed by atoms with Crippen LogP contribution < -0.4 is 5.73 Å². The molecular formula is C21H21N3O. The maximum Gasteiger partial charge on any atom is 0.248 e. The van der Waals surface area contributed by atoms with Crippen molar-refractivity contribution in [2.24, 2.45) is 5.73 Å². The van der Waals surface area contributed by atoms with Crippen LogP contribution in [0.4, 0.5) is 0 Å². The molecule has 2 heterocycles. The van der Waals surface area contributed by atoms with Crippen molar-refractivity contribution in [3.63, 3.8) is 0 Å². The van der Waals surface area contributed by atoms with E-state index in [4.69, 9.17) is 10.7 Å². The highest BCUT2D eigenvalue weighted by Gasteiger charge is 2.19. The number of pyridine rings is 2.